The maximum absolute atomic E-state index is 13.2. The summed E-state index contributed by atoms with van der Waals surface area (Å²) in [6.07, 6.45) is 0.760. The molecule has 2 heterocycles. The van der Waals surface area contributed by atoms with Crippen LogP contribution in [0.2, 0.25) is 5.02 Å². The molecule has 0 fully saturated rings. The Morgan fingerprint density at radius 1 is 1.29 bits per heavy atom. The monoisotopic (exact) mass is 306 g/mol. The molecule has 0 atom stereocenters. The van der Waals surface area contributed by atoms with Gasteiger partial charge in [0, 0.05) is 12.0 Å². The highest BCUT2D eigenvalue weighted by Crippen LogP contribution is 2.40. The Morgan fingerprint density at radius 3 is 2.76 bits per heavy atom. The van der Waals surface area contributed by atoms with E-state index < -0.39 is 5.82 Å². The van der Waals surface area contributed by atoms with Gasteiger partial charge in [-0.25, -0.2) is 4.39 Å². The molecule has 0 unspecified atom stereocenters. The Hall–Kier alpha value is -2.27. The van der Waals surface area contributed by atoms with Crippen LogP contribution in [0.25, 0.3) is 22.6 Å². The molecule has 0 radical (unpaired) electrons. The third kappa shape index (κ3) is 2.40. The van der Waals surface area contributed by atoms with Crippen LogP contribution in [0.5, 0.6) is 0 Å². The second-order valence-electron chi connectivity index (χ2n) is 4.52. The second-order valence-corrected chi connectivity index (χ2v) is 4.92. The molecule has 1 aromatic carbocycles. The minimum atomic E-state index is -0.424. The van der Waals surface area contributed by atoms with E-state index in [4.69, 9.17) is 26.3 Å². The van der Waals surface area contributed by atoms with Crippen LogP contribution in [0.4, 0.5) is 10.2 Å². The van der Waals surface area contributed by atoms with Gasteiger partial charge >= 0.3 is 0 Å². The number of nitrogens with two attached hydrogens (primary N) is 1. The van der Waals surface area contributed by atoms with E-state index >= 15 is 0 Å². The molecule has 3 rings (SSSR count). The van der Waals surface area contributed by atoms with Gasteiger partial charge in [0.25, 0.3) is 0 Å². The average Bonchev–Trinajstić information content (AvgIpc) is 3.06. The minimum Gasteiger partial charge on any atom is -0.458 e. The summed E-state index contributed by atoms with van der Waals surface area (Å²) >= 11 is 6.09. The van der Waals surface area contributed by atoms with Gasteiger partial charge in [0.1, 0.15) is 11.6 Å². The summed E-state index contributed by atoms with van der Waals surface area (Å²) in [6.45, 7) is 1.98. The predicted octanol–water partition coefficient (Wildman–Crippen LogP) is 4.54. The first-order valence-electron chi connectivity index (χ1n) is 6.39. The zero-order valence-corrected chi connectivity index (χ0v) is 11.9. The first-order chi connectivity index (χ1) is 10.1. The van der Waals surface area contributed by atoms with Crippen molar-refractivity contribution in [1.29, 1.82) is 0 Å². The van der Waals surface area contributed by atoms with Gasteiger partial charge in [0.05, 0.1) is 10.6 Å². The molecule has 0 saturated heterocycles. The third-order valence-electron chi connectivity index (χ3n) is 3.15. The SMILES string of the molecule is CCc1ccc(-c2onc(N)c2-c2ccc(F)cc2Cl)o1. The molecule has 6 heteroatoms. The number of hydrogen-bond donors (Lipinski definition) is 1. The van der Waals surface area contributed by atoms with Crippen molar-refractivity contribution < 1.29 is 13.3 Å². The maximum Gasteiger partial charge on any atom is 0.212 e. The van der Waals surface area contributed by atoms with Crippen LogP contribution in [-0.4, -0.2) is 5.16 Å². The average molecular weight is 307 g/mol. The standard InChI is InChI=1S/C15H12ClFN2O2/c1-2-9-4-6-12(20-9)14-13(15(18)19-21-14)10-5-3-8(17)7-11(10)16/h3-7H,2H2,1H3,(H2,18,19). The Labute approximate surface area is 125 Å². The van der Waals surface area contributed by atoms with Crippen molar-refractivity contribution in [3.63, 3.8) is 0 Å². The molecule has 0 amide bonds. The van der Waals surface area contributed by atoms with Gasteiger partial charge in [-0.05, 0) is 30.3 Å². The number of aromatic nitrogens is 1. The number of nitrogen functional groups attached to an aromatic ring is 1. The number of furan rings is 1. The summed E-state index contributed by atoms with van der Waals surface area (Å²) in [5, 5.41) is 3.99. The Morgan fingerprint density at radius 2 is 2.10 bits per heavy atom. The molecule has 4 nitrogen and oxygen atoms in total. The van der Waals surface area contributed by atoms with Gasteiger partial charge in [0.2, 0.25) is 5.76 Å². The lowest BCUT2D eigenvalue weighted by Gasteiger charge is -2.04. The molecule has 0 aliphatic heterocycles. The first kappa shape index (κ1) is 13.7. The lowest BCUT2D eigenvalue weighted by Crippen LogP contribution is -1.90. The molecule has 3 aromatic rings. The van der Waals surface area contributed by atoms with Crippen LogP contribution in [0, 0.1) is 5.82 Å². The molecule has 2 aromatic heterocycles. The fourth-order valence-corrected chi connectivity index (χ4v) is 2.37. The van der Waals surface area contributed by atoms with Gasteiger partial charge in [-0.2, -0.15) is 0 Å². The van der Waals surface area contributed by atoms with Gasteiger partial charge in [-0.1, -0.05) is 23.7 Å². The molecule has 108 valence electrons. The molecular formula is C15H12ClFN2O2. The largest absolute Gasteiger partial charge is 0.458 e. The number of rotatable bonds is 3. The zero-order valence-electron chi connectivity index (χ0n) is 11.2. The van der Waals surface area contributed by atoms with E-state index in [-0.39, 0.29) is 10.8 Å². The van der Waals surface area contributed by atoms with Crippen molar-refractivity contribution in [2.45, 2.75) is 13.3 Å². The van der Waals surface area contributed by atoms with E-state index in [2.05, 4.69) is 5.16 Å². The lowest BCUT2D eigenvalue weighted by molar-refractivity contribution is 0.416. The van der Waals surface area contributed by atoms with Crippen molar-refractivity contribution in [3.05, 3.63) is 46.9 Å². The topological polar surface area (TPSA) is 65.2 Å². The predicted molar refractivity (Wildman–Crippen MR) is 78.4 cm³/mol. The summed E-state index contributed by atoms with van der Waals surface area (Å²) < 4.78 is 24.1. The van der Waals surface area contributed by atoms with Crippen molar-refractivity contribution >= 4 is 17.4 Å². The fraction of sp³-hybridized carbons (Fsp3) is 0.133. The van der Waals surface area contributed by atoms with Gasteiger partial charge in [0.15, 0.2) is 11.6 Å². The van der Waals surface area contributed by atoms with Gasteiger partial charge in [-0.15, -0.1) is 0 Å². The van der Waals surface area contributed by atoms with Crippen LogP contribution < -0.4 is 5.73 Å². The normalized spacial score (nSPS) is 11.0. The molecule has 0 saturated carbocycles. The maximum atomic E-state index is 13.2. The van der Waals surface area contributed by atoms with Crippen molar-refractivity contribution in [3.8, 4) is 22.6 Å². The third-order valence-corrected chi connectivity index (χ3v) is 3.47. The fourth-order valence-electron chi connectivity index (χ4n) is 2.11. The number of halogens is 2. The van der Waals surface area contributed by atoms with Crippen LogP contribution >= 0.6 is 11.6 Å². The molecule has 0 spiro atoms. The number of benzene rings is 1. The Kier molecular flexibility index (Phi) is 3.43. The highest BCUT2D eigenvalue weighted by Gasteiger charge is 2.22. The van der Waals surface area contributed by atoms with Crippen molar-refractivity contribution in [2.24, 2.45) is 0 Å². The molecule has 21 heavy (non-hydrogen) atoms. The van der Waals surface area contributed by atoms with E-state index in [1.165, 1.54) is 18.2 Å². The van der Waals surface area contributed by atoms with E-state index in [1.807, 2.05) is 13.0 Å². The van der Waals surface area contributed by atoms with E-state index in [1.54, 1.807) is 6.07 Å². The second kappa shape index (κ2) is 5.26. The summed E-state index contributed by atoms with van der Waals surface area (Å²) in [5.41, 5.74) is 6.90. The first-order valence-corrected chi connectivity index (χ1v) is 6.77. The molecule has 0 aliphatic rings. The lowest BCUT2D eigenvalue weighted by atomic mass is 10.0. The van der Waals surface area contributed by atoms with E-state index in [0.29, 0.717) is 22.6 Å². The van der Waals surface area contributed by atoms with Crippen LogP contribution in [0.3, 0.4) is 0 Å². The van der Waals surface area contributed by atoms with Crippen molar-refractivity contribution in [2.75, 3.05) is 5.73 Å². The van der Waals surface area contributed by atoms with Crippen LogP contribution in [0.1, 0.15) is 12.7 Å². The smallest absolute Gasteiger partial charge is 0.212 e. The van der Waals surface area contributed by atoms with Gasteiger partial charge in [-0.3, -0.25) is 0 Å². The number of anilines is 1. The van der Waals surface area contributed by atoms with Crippen LogP contribution in [0.15, 0.2) is 39.3 Å². The number of aryl methyl sites for hydroxylation is 1. The molecule has 2 N–H and O–H groups in total. The van der Waals surface area contributed by atoms with Crippen LogP contribution in [-0.2, 0) is 6.42 Å². The molecular weight excluding hydrogens is 295 g/mol. The Balaban J connectivity index is 2.17. The highest BCUT2D eigenvalue weighted by molar-refractivity contribution is 6.33. The minimum absolute atomic E-state index is 0.174. The van der Waals surface area contributed by atoms with E-state index in [9.17, 15) is 4.39 Å². The Bertz CT molecular complexity index is 795. The van der Waals surface area contributed by atoms with E-state index in [0.717, 1.165) is 12.2 Å². The zero-order chi connectivity index (χ0) is 15.0. The molecule has 0 bridgehead atoms. The summed E-state index contributed by atoms with van der Waals surface area (Å²) in [5.74, 6) is 1.45. The summed E-state index contributed by atoms with van der Waals surface area (Å²) in [7, 11) is 0. The summed E-state index contributed by atoms with van der Waals surface area (Å²) in [6, 6.07) is 7.68. The highest BCUT2D eigenvalue weighted by atomic mass is 35.5. The molecule has 0 aliphatic carbocycles. The quantitative estimate of drug-likeness (QED) is 0.771. The number of nitrogens with zero attached hydrogens (tertiary/aromatic N) is 1. The number of hydrogen-bond acceptors (Lipinski definition) is 4. The van der Waals surface area contributed by atoms with Crippen molar-refractivity contribution in [1.82, 2.24) is 5.16 Å². The van der Waals surface area contributed by atoms with Gasteiger partial charge < -0.3 is 14.7 Å². The summed E-state index contributed by atoms with van der Waals surface area (Å²) in [4.78, 5) is 0.